The number of nitrogens with zero attached hydrogens (tertiary/aromatic N) is 1. The Morgan fingerprint density at radius 1 is 1.73 bits per heavy atom. The lowest BCUT2D eigenvalue weighted by molar-refractivity contribution is 0.887. The van der Waals surface area contributed by atoms with Crippen molar-refractivity contribution in [1.82, 2.24) is 4.98 Å². The van der Waals surface area contributed by atoms with E-state index in [1.165, 1.54) is 12.8 Å². The number of thiazole rings is 1. The van der Waals surface area contributed by atoms with E-state index in [1.54, 1.807) is 11.3 Å². The van der Waals surface area contributed by atoms with Crippen LogP contribution in [0.4, 0.5) is 5.13 Å². The Bertz CT molecular complexity index is 244. The smallest absolute Gasteiger partial charge is 0.184 e. The van der Waals surface area contributed by atoms with Gasteiger partial charge in [-0.3, -0.25) is 0 Å². The van der Waals surface area contributed by atoms with Crippen LogP contribution in [0.3, 0.4) is 0 Å². The highest BCUT2D eigenvalue weighted by molar-refractivity contribution is 7.14. The molecule has 2 rings (SSSR count). The van der Waals surface area contributed by atoms with Gasteiger partial charge in [-0.1, -0.05) is 11.6 Å². The molecule has 0 aliphatic heterocycles. The molecule has 1 N–H and O–H groups in total. The topological polar surface area (TPSA) is 24.9 Å². The average molecular weight is 189 g/mol. The van der Waals surface area contributed by atoms with Crippen LogP contribution in [0.15, 0.2) is 5.38 Å². The average Bonchev–Trinajstić information content (AvgIpc) is 2.72. The van der Waals surface area contributed by atoms with Crippen LogP contribution in [0, 0.1) is 5.92 Å². The number of rotatable bonds is 3. The summed E-state index contributed by atoms with van der Waals surface area (Å²) in [5.74, 6) is 0.887. The Kier molecular flexibility index (Phi) is 2.00. The van der Waals surface area contributed by atoms with Crippen LogP contribution in [0.1, 0.15) is 12.8 Å². The SMILES string of the molecule is Clc1csc(NCC2CC2)n1. The van der Waals surface area contributed by atoms with Gasteiger partial charge in [0.15, 0.2) is 5.13 Å². The second-order valence-electron chi connectivity index (χ2n) is 2.80. The molecule has 0 radical (unpaired) electrons. The van der Waals surface area contributed by atoms with Crippen molar-refractivity contribution in [2.75, 3.05) is 11.9 Å². The van der Waals surface area contributed by atoms with E-state index < -0.39 is 0 Å². The highest BCUT2D eigenvalue weighted by atomic mass is 35.5. The predicted molar refractivity (Wildman–Crippen MR) is 48.3 cm³/mol. The maximum Gasteiger partial charge on any atom is 0.184 e. The van der Waals surface area contributed by atoms with Crippen molar-refractivity contribution in [2.24, 2.45) is 5.92 Å². The zero-order chi connectivity index (χ0) is 7.68. The van der Waals surface area contributed by atoms with Gasteiger partial charge >= 0.3 is 0 Å². The maximum absolute atomic E-state index is 5.65. The third kappa shape index (κ3) is 2.07. The van der Waals surface area contributed by atoms with Gasteiger partial charge in [-0.15, -0.1) is 11.3 Å². The van der Waals surface area contributed by atoms with Crippen LogP contribution in [-0.2, 0) is 0 Å². The van der Waals surface area contributed by atoms with Gasteiger partial charge in [0, 0.05) is 11.9 Å². The van der Waals surface area contributed by atoms with Crippen molar-refractivity contribution < 1.29 is 0 Å². The largest absolute Gasteiger partial charge is 0.361 e. The summed E-state index contributed by atoms with van der Waals surface area (Å²) >= 11 is 7.22. The highest BCUT2D eigenvalue weighted by Gasteiger charge is 2.20. The molecule has 0 aromatic carbocycles. The zero-order valence-corrected chi connectivity index (χ0v) is 7.58. The number of nitrogens with one attached hydrogen (secondary N) is 1. The Hall–Kier alpha value is -0.280. The first kappa shape index (κ1) is 7.37. The molecule has 1 saturated carbocycles. The second kappa shape index (κ2) is 2.99. The maximum atomic E-state index is 5.65. The van der Waals surface area contributed by atoms with Crippen molar-refractivity contribution in [3.63, 3.8) is 0 Å². The van der Waals surface area contributed by atoms with Crippen LogP contribution in [-0.4, -0.2) is 11.5 Å². The molecule has 0 spiro atoms. The van der Waals surface area contributed by atoms with Crippen molar-refractivity contribution in [3.05, 3.63) is 10.5 Å². The molecule has 1 fully saturated rings. The van der Waals surface area contributed by atoms with Gasteiger partial charge in [0.25, 0.3) is 0 Å². The van der Waals surface area contributed by atoms with Gasteiger partial charge in [0.1, 0.15) is 5.15 Å². The van der Waals surface area contributed by atoms with Crippen molar-refractivity contribution in [2.45, 2.75) is 12.8 Å². The Morgan fingerprint density at radius 3 is 3.09 bits per heavy atom. The minimum Gasteiger partial charge on any atom is -0.361 e. The predicted octanol–water partition coefficient (Wildman–Crippen LogP) is 2.62. The number of halogens is 1. The quantitative estimate of drug-likeness (QED) is 0.789. The molecule has 1 aliphatic carbocycles. The summed E-state index contributed by atoms with van der Waals surface area (Å²) in [5.41, 5.74) is 0. The Morgan fingerprint density at radius 2 is 2.55 bits per heavy atom. The molecule has 60 valence electrons. The minimum atomic E-state index is 0.591. The fraction of sp³-hybridized carbons (Fsp3) is 0.571. The second-order valence-corrected chi connectivity index (χ2v) is 4.05. The molecule has 11 heavy (non-hydrogen) atoms. The molecule has 1 aromatic heterocycles. The summed E-state index contributed by atoms with van der Waals surface area (Å²) in [4.78, 5) is 4.08. The molecular formula is C7H9ClN2S. The molecule has 1 heterocycles. The summed E-state index contributed by atoms with van der Waals surface area (Å²) in [6, 6.07) is 0. The molecule has 0 amide bonds. The van der Waals surface area contributed by atoms with Gasteiger partial charge < -0.3 is 5.32 Å². The van der Waals surface area contributed by atoms with Gasteiger partial charge in [-0.05, 0) is 18.8 Å². The summed E-state index contributed by atoms with van der Waals surface area (Å²) in [7, 11) is 0. The first-order valence-corrected chi connectivity index (χ1v) is 4.95. The van der Waals surface area contributed by atoms with Crippen LogP contribution in [0.2, 0.25) is 5.15 Å². The van der Waals surface area contributed by atoms with E-state index in [0.717, 1.165) is 17.6 Å². The fourth-order valence-corrected chi connectivity index (χ4v) is 1.74. The number of hydrogen-bond acceptors (Lipinski definition) is 3. The van der Waals surface area contributed by atoms with Gasteiger partial charge in [-0.25, -0.2) is 4.98 Å². The normalized spacial score (nSPS) is 16.8. The third-order valence-electron chi connectivity index (χ3n) is 1.72. The first-order chi connectivity index (χ1) is 5.34. The lowest BCUT2D eigenvalue weighted by Gasteiger charge is -1.97. The molecule has 0 atom stereocenters. The number of hydrogen-bond donors (Lipinski definition) is 1. The van der Waals surface area contributed by atoms with Gasteiger partial charge in [-0.2, -0.15) is 0 Å². The van der Waals surface area contributed by atoms with Crippen molar-refractivity contribution >= 4 is 28.1 Å². The van der Waals surface area contributed by atoms with E-state index in [4.69, 9.17) is 11.6 Å². The number of anilines is 1. The van der Waals surface area contributed by atoms with E-state index in [2.05, 4.69) is 10.3 Å². The van der Waals surface area contributed by atoms with Crippen molar-refractivity contribution in [1.29, 1.82) is 0 Å². The molecule has 4 heteroatoms. The van der Waals surface area contributed by atoms with E-state index in [0.29, 0.717) is 5.15 Å². The minimum absolute atomic E-state index is 0.591. The van der Waals surface area contributed by atoms with E-state index in [9.17, 15) is 0 Å². The summed E-state index contributed by atoms with van der Waals surface area (Å²) in [5, 5.41) is 6.63. The highest BCUT2D eigenvalue weighted by Crippen LogP contribution is 2.29. The lowest BCUT2D eigenvalue weighted by atomic mass is 10.4. The first-order valence-electron chi connectivity index (χ1n) is 3.69. The summed E-state index contributed by atoms with van der Waals surface area (Å²) in [6.45, 7) is 1.06. The van der Waals surface area contributed by atoms with E-state index >= 15 is 0 Å². The molecule has 0 saturated heterocycles. The van der Waals surface area contributed by atoms with E-state index in [-0.39, 0.29) is 0 Å². The van der Waals surface area contributed by atoms with Crippen LogP contribution in [0.25, 0.3) is 0 Å². The molecule has 1 aromatic rings. The van der Waals surface area contributed by atoms with Crippen LogP contribution >= 0.6 is 22.9 Å². The van der Waals surface area contributed by atoms with Gasteiger partial charge in [0.2, 0.25) is 0 Å². The van der Waals surface area contributed by atoms with Crippen LogP contribution < -0.4 is 5.32 Å². The molecule has 2 nitrogen and oxygen atoms in total. The molecule has 0 bridgehead atoms. The van der Waals surface area contributed by atoms with Crippen LogP contribution in [0.5, 0.6) is 0 Å². The van der Waals surface area contributed by atoms with E-state index in [1.807, 2.05) is 5.38 Å². The van der Waals surface area contributed by atoms with Gasteiger partial charge in [0.05, 0.1) is 0 Å². The fourth-order valence-electron chi connectivity index (χ4n) is 0.889. The molecular weight excluding hydrogens is 180 g/mol. The Balaban J connectivity index is 1.85. The third-order valence-corrected chi connectivity index (χ3v) is 2.84. The summed E-state index contributed by atoms with van der Waals surface area (Å²) < 4.78 is 0. The summed E-state index contributed by atoms with van der Waals surface area (Å²) in [6.07, 6.45) is 2.73. The molecule has 1 aliphatic rings. The standard InChI is InChI=1S/C7H9ClN2S/c8-6-4-11-7(10-6)9-3-5-1-2-5/h4-5H,1-3H2,(H,9,10). The monoisotopic (exact) mass is 188 g/mol. The van der Waals surface area contributed by atoms with Crippen molar-refractivity contribution in [3.8, 4) is 0 Å². The lowest BCUT2D eigenvalue weighted by Crippen LogP contribution is -2.02. The Labute approximate surface area is 74.6 Å². The number of aromatic nitrogens is 1. The zero-order valence-electron chi connectivity index (χ0n) is 6.01. The molecule has 0 unspecified atom stereocenters.